The van der Waals surface area contributed by atoms with Gasteiger partial charge in [0, 0.05) is 16.6 Å². The maximum absolute atomic E-state index is 8.81. The molecule has 0 amide bonds. The molecule has 0 bridgehead atoms. The molecule has 0 heterocycles. The van der Waals surface area contributed by atoms with Gasteiger partial charge in [-0.25, -0.2) is 0 Å². The standard InChI is InChI=1S/C16H22O2S/c1-12(2)13(3)19-11-15-10-16(18-4)8-7-14(15)6-5-9-17/h7-8,10,12-13,17H,9,11H2,1-4H3. The van der Waals surface area contributed by atoms with Crippen molar-refractivity contribution in [3.63, 3.8) is 0 Å². The van der Waals surface area contributed by atoms with E-state index in [1.54, 1.807) is 7.11 Å². The molecule has 1 aromatic rings. The fourth-order valence-electron chi connectivity index (χ4n) is 1.49. The Hall–Kier alpha value is -1.11. The molecular weight excluding hydrogens is 256 g/mol. The van der Waals surface area contributed by atoms with Crippen molar-refractivity contribution in [3.05, 3.63) is 29.3 Å². The van der Waals surface area contributed by atoms with E-state index in [4.69, 9.17) is 9.84 Å². The second-order valence-electron chi connectivity index (χ2n) is 4.74. The average molecular weight is 278 g/mol. The lowest BCUT2D eigenvalue weighted by atomic mass is 10.1. The Morgan fingerprint density at radius 1 is 1.32 bits per heavy atom. The SMILES string of the molecule is COc1ccc(C#CCO)c(CSC(C)C(C)C)c1. The summed E-state index contributed by atoms with van der Waals surface area (Å²) in [5.74, 6) is 8.12. The van der Waals surface area contributed by atoms with E-state index in [9.17, 15) is 0 Å². The summed E-state index contributed by atoms with van der Waals surface area (Å²) in [5.41, 5.74) is 2.14. The van der Waals surface area contributed by atoms with Gasteiger partial charge in [-0.2, -0.15) is 11.8 Å². The fourth-order valence-corrected chi connectivity index (χ4v) is 2.55. The van der Waals surface area contributed by atoms with Crippen LogP contribution in [-0.2, 0) is 5.75 Å². The highest BCUT2D eigenvalue weighted by Crippen LogP contribution is 2.26. The molecule has 1 aromatic carbocycles. The molecule has 1 atom stereocenters. The number of benzene rings is 1. The molecule has 1 N–H and O–H groups in total. The molecule has 0 aliphatic carbocycles. The van der Waals surface area contributed by atoms with Crippen LogP contribution in [0.4, 0.5) is 0 Å². The summed E-state index contributed by atoms with van der Waals surface area (Å²) >= 11 is 1.92. The van der Waals surface area contributed by atoms with E-state index in [1.807, 2.05) is 30.0 Å². The van der Waals surface area contributed by atoms with Crippen molar-refractivity contribution in [1.82, 2.24) is 0 Å². The Kier molecular flexibility index (Phi) is 6.83. The molecule has 0 saturated carbocycles. The smallest absolute Gasteiger partial charge is 0.119 e. The third kappa shape index (κ3) is 5.18. The average Bonchev–Trinajstić information content (AvgIpc) is 2.42. The second kappa shape index (κ2) is 8.14. The van der Waals surface area contributed by atoms with E-state index in [0.29, 0.717) is 11.2 Å². The fraction of sp³-hybridized carbons (Fsp3) is 0.500. The topological polar surface area (TPSA) is 29.5 Å². The van der Waals surface area contributed by atoms with Crippen molar-refractivity contribution < 1.29 is 9.84 Å². The molecule has 0 spiro atoms. The summed E-state index contributed by atoms with van der Waals surface area (Å²) in [6.07, 6.45) is 0. The summed E-state index contributed by atoms with van der Waals surface area (Å²) in [4.78, 5) is 0. The summed E-state index contributed by atoms with van der Waals surface area (Å²) in [7, 11) is 1.67. The van der Waals surface area contributed by atoms with Crippen LogP contribution in [0.1, 0.15) is 31.9 Å². The third-order valence-electron chi connectivity index (χ3n) is 3.06. The molecule has 0 fully saturated rings. The normalized spacial score (nSPS) is 11.9. The summed E-state index contributed by atoms with van der Waals surface area (Å²) in [6, 6.07) is 5.89. The Labute approximate surface area is 120 Å². The van der Waals surface area contributed by atoms with Crippen LogP contribution in [0.15, 0.2) is 18.2 Å². The summed E-state index contributed by atoms with van der Waals surface area (Å²) < 4.78 is 5.26. The zero-order valence-electron chi connectivity index (χ0n) is 12.1. The first-order chi connectivity index (χ1) is 9.08. The summed E-state index contributed by atoms with van der Waals surface area (Å²) in [6.45, 7) is 6.60. The molecule has 104 valence electrons. The van der Waals surface area contributed by atoms with Crippen LogP contribution in [0.25, 0.3) is 0 Å². The van der Waals surface area contributed by atoms with Gasteiger partial charge in [0.25, 0.3) is 0 Å². The van der Waals surface area contributed by atoms with Crippen LogP contribution >= 0.6 is 11.8 Å². The number of hydrogen-bond acceptors (Lipinski definition) is 3. The first-order valence-corrected chi connectivity index (χ1v) is 7.51. The lowest BCUT2D eigenvalue weighted by molar-refractivity contribution is 0.350. The molecule has 1 rings (SSSR count). The molecule has 2 nitrogen and oxygen atoms in total. The molecule has 0 saturated heterocycles. The number of thioether (sulfide) groups is 1. The van der Waals surface area contributed by atoms with Gasteiger partial charge in [0.15, 0.2) is 0 Å². The first-order valence-electron chi connectivity index (χ1n) is 6.46. The van der Waals surface area contributed by atoms with Crippen LogP contribution in [0.3, 0.4) is 0 Å². The summed E-state index contributed by atoms with van der Waals surface area (Å²) in [5, 5.41) is 9.41. The van der Waals surface area contributed by atoms with Crippen molar-refractivity contribution in [3.8, 4) is 17.6 Å². The number of ether oxygens (including phenoxy) is 1. The van der Waals surface area contributed by atoms with E-state index in [0.717, 1.165) is 22.6 Å². The quantitative estimate of drug-likeness (QED) is 0.838. The van der Waals surface area contributed by atoms with Gasteiger partial charge in [-0.1, -0.05) is 32.6 Å². The third-order valence-corrected chi connectivity index (χ3v) is 4.60. The van der Waals surface area contributed by atoms with E-state index < -0.39 is 0 Å². The van der Waals surface area contributed by atoms with Gasteiger partial charge in [0.2, 0.25) is 0 Å². The van der Waals surface area contributed by atoms with Gasteiger partial charge in [0.05, 0.1) is 7.11 Å². The minimum absolute atomic E-state index is 0.110. The monoisotopic (exact) mass is 278 g/mol. The van der Waals surface area contributed by atoms with Crippen LogP contribution in [0.5, 0.6) is 5.75 Å². The van der Waals surface area contributed by atoms with Crippen molar-refractivity contribution >= 4 is 11.8 Å². The molecular formula is C16H22O2S. The molecule has 0 radical (unpaired) electrons. The Morgan fingerprint density at radius 2 is 2.05 bits per heavy atom. The minimum Gasteiger partial charge on any atom is -0.497 e. The van der Waals surface area contributed by atoms with Crippen LogP contribution < -0.4 is 4.74 Å². The number of aliphatic hydroxyl groups excluding tert-OH is 1. The largest absolute Gasteiger partial charge is 0.497 e. The van der Waals surface area contributed by atoms with Crippen LogP contribution in [-0.4, -0.2) is 24.1 Å². The highest BCUT2D eigenvalue weighted by atomic mass is 32.2. The van der Waals surface area contributed by atoms with E-state index in [1.165, 1.54) is 0 Å². The molecule has 0 aliphatic heterocycles. The lowest BCUT2D eigenvalue weighted by Gasteiger charge is -2.15. The maximum Gasteiger partial charge on any atom is 0.119 e. The first kappa shape index (κ1) is 15.9. The van der Waals surface area contributed by atoms with Gasteiger partial charge in [-0.05, 0) is 29.7 Å². The predicted molar refractivity (Wildman–Crippen MR) is 82.6 cm³/mol. The molecule has 1 unspecified atom stereocenters. The Morgan fingerprint density at radius 3 is 2.63 bits per heavy atom. The van der Waals surface area contributed by atoms with Gasteiger partial charge in [-0.3, -0.25) is 0 Å². The van der Waals surface area contributed by atoms with E-state index in [-0.39, 0.29) is 6.61 Å². The van der Waals surface area contributed by atoms with Crippen molar-refractivity contribution in [2.45, 2.75) is 31.8 Å². The minimum atomic E-state index is -0.110. The zero-order chi connectivity index (χ0) is 14.3. The van der Waals surface area contributed by atoms with Crippen LogP contribution in [0, 0.1) is 17.8 Å². The lowest BCUT2D eigenvalue weighted by Crippen LogP contribution is -2.06. The molecule has 19 heavy (non-hydrogen) atoms. The van der Waals surface area contributed by atoms with Crippen molar-refractivity contribution in [1.29, 1.82) is 0 Å². The highest BCUT2D eigenvalue weighted by molar-refractivity contribution is 7.99. The number of hydrogen-bond donors (Lipinski definition) is 1. The Bertz CT molecular complexity index is 458. The Balaban J connectivity index is 2.88. The number of methoxy groups -OCH3 is 1. The molecule has 3 heteroatoms. The van der Waals surface area contributed by atoms with E-state index in [2.05, 4.69) is 32.6 Å². The van der Waals surface area contributed by atoms with Crippen LogP contribution in [0.2, 0.25) is 0 Å². The van der Waals surface area contributed by atoms with Gasteiger partial charge >= 0.3 is 0 Å². The zero-order valence-corrected chi connectivity index (χ0v) is 12.9. The number of rotatable bonds is 5. The molecule has 0 aliphatic rings. The van der Waals surface area contributed by atoms with Crippen molar-refractivity contribution in [2.24, 2.45) is 5.92 Å². The highest BCUT2D eigenvalue weighted by Gasteiger charge is 2.10. The maximum atomic E-state index is 8.81. The predicted octanol–water partition coefficient (Wildman–Crippen LogP) is 3.32. The van der Waals surface area contributed by atoms with Gasteiger partial charge in [-0.15, -0.1) is 0 Å². The van der Waals surface area contributed by atoms with E-state index >= 15 is 0 Å². The van der Waals surface area contributed by atoms with Gasteiger partial charge in [0.1, 0.15) is 12.4 Å². The van der Waals surface area contributed by atoms with Gasteiger partial charge < -0.3 is 9.84 Å². The number of aliphatic hydroxyl groups is 1. The van der Waals surface area contributed by atoms with Crippen molar-refractivity contribution in [2.75, 3.05) is 13.7 Å². The second-order valence-corrected chi connectivity index (χ2v) is 6.11. The molecule has 0 aromatic heterocycles.